The largest absolute Gasteiger partial charge is 0.311 e. The van der Waals surface area contributed by atoms with Crippen molar-refractivity contribution < 1.29 is 0 Å². The molecule has 1 nitrogen and oxygen atoms in total. The predicted molar refractivity (Wildman–Crippen MR) is 182 cm³/mol. The summed E-state index contributed by atoms with van der Waals surface area (Å²) in [6, 6.07) is 55.3. The average molecular weight is 552 g/mol. The molecule has 42 heavy (non-hydrogen) atoms. The number of hydrogen-bond donors (Lipinski definition) is 0. The normalized spacial score (nSPS) is 16.1. The number of rotatable bonds is 3. The molecule has 3 aliphatic heterocycles. The molecule has 0 N–H and O–H groups in total. The fourth-order valence-corrected chi connectivity index (χ4v) is 13.6. The van der Waals surface area contributed by atoms with Gasteiger partial charge in [0.1, 0.15) is 0 Å². The predicted octanol–water partition coefficient (Wildman–Crippen LogP) is 4.32. The summed E-state index contributed by atoms with van der Waals surface area (Å²) in [6.45, 7) is 5.03. The van der Waals surface area contributed by atoms with Crippen LogP contribution in [0.5, 0.6) is 0 Å². The van der Waals surface area contributed by atoms with Crippen molar-refractivity contribution in [3.05, 3.63) is 157 Å². The molecule has 3 heterocycles. The molecule has 6 aromatic rings. The summed E-state index contributed by atoms with van der Waals surface area (Å²) in [7, 11) is -2.69. The minimum absolute atomic E-state index is 0.133. The van der Waals surface area contributed by atoms with Crippen LogP contribution >= 0.6 is 0 Å². The first kappa shape index (κ1) is 24.0. The molecule has 6 aromatic carbocycles. The van der Waals surface area contributed by atoms with E-state index in [0.29, 0.717) is 0 Å². The van der Waals surface area contributed by atoms with Crippen molar-refractivity contribution in [1.29, 1.82) is 0 Å². The lowest BCUT2D eigenvalue weighted by Crippen LogP contribution is -2.79. The van der Waals surface area contributed by atoms with E-state index in [-0.39, 0.29) is 12.1 Å². The molecule has 0 saturated heterocycles. The Hall–Kier alpha value is -4.60. The molecule has 3 aliphatic rings. The highest BCUT2D eigenvalue weighted by atomic mass is 28.3. The van der Waals surface area contributed by atoms with E-state index in [1.165, 1.54) is 65.3 Å². The van der Waals surface area contributed by atoms with Gasteiger partial charge in [0.15, 0.2) is 8.07 Å². The molecule has 198 valence electrons. The van der Waals surface area contributed by atoms with Crippen LogP contribution in [0.3, 0.4) is 0 Å². The average Bonchev–Trinajstić information content (AvgIpc) is 3.05. The minimum atomic E-state index is -2.69. The third kappa shape index (κ3) is 2.84. The second-order valence-electron chi connectivity index (χ2n) is 12.5. The van der Waals surface area contributed by atoms with Crippen LogP contribution < -0.4 is 42.0 Å². The first-order valence-electron chi connectivity index (χ1n) is 15.0. The van der Waals surface area contributed by atoms with Crippen molar-refractivity contribution in [2.24, 2.45) is 0 Å². The second-order valence-corrected chi connectivity index (χ2v) is 16.2. The van der Waals surface area contributed by atoms with Gasteiger partial charge in [-0.3, -0.25) is 0 Å². The molecule has 0 unspecified atom stereocenters. The van der Waals surface area contributed by atoms with E-state index in [1.807, 2.05) is 0 Å². The molecular weight excluding hydrogens is 521 g/mol. The zero-order valence-corrected chi connectivity index (χ0v) is 24.9. The van der Waals surface area contributed by atoms with E-state index in [0.717, 1.165) is 0 Å². The van der Waals surface area contributed by atoms with Crippen LogP contribution in [0.1, 0.15) is 25.0 Å². The summed E-state index contributed by atoms with van der Waals surface area (Å²) < 4.78 is 0. The van der Waals surface area contributed by atoms with Crippen LogP contribution in [0.15, 0.2) is 146 Å². The second kappa shape index (κ2) is 8.47. The fourth-order valence-electron chi connectivity index (χ4n) is 8.45. The highest BCUT2D eigenvalue weighted by Crippen LogP contribution is 2.53. The number of hydrogen-bond acceptors (Lipinski definition) is 1. The van der Waals surface area contributed by atoms with E-state index < -0.39 is 8.07 Å². The molecule has 0 amide bonds. The zero-order chi connectivity index (χ0) is 28.1. The van der Waals surface area contributed by atoms with Crippen molar-refractivity contribution in [2.45, 2.75) is 19.3 Å². The van der Waals surface area contributed by atoms with Crippen molar-refractivity contribution in [3.63, 3.8) is 0 Å². The van der Waals surface area contributed by atoms with Crippen LogP contribution in [0.25, 0.3) is 0 Å². The molecule has 0 aromatic heterocycles. The lowest BCUT2D eigenvalue weighted by atomic mass is 9.34. The maximum Gasteiger partial charge on any atom is 0.246 e. The quantitative estimate of drug-likeness (QED) is 0.296. The Labute approximate surface area is 249 Å². The van der Waals surface area contributed by atoms with Crippen LogP contribution in [0.4, 0.5) is 17.1 Å². The standard InChI is InChI=1S/C39H30BNSi/c1-39(2)30-21-12-23-32-36(30)41-37-31(39)22-13-25-34(37)42(28-17-8-4-9-18-28,29-19-10-5-11-20-29)35-26-14-24-33(38(35)41)40(32)27-15-6-3-7-16-27/h3-26H,1-2H3. The lowest BCUT2D eigenvalue weighted by Gasteiger charge is -2.54. The number of nitrogens with zero attached hydrogens (tertiary/aromatic N) is 1. The third-order valence-corrected chi connectivity index (χ3v) is 15.0. The van der Waals surface area contributed by atoms with Crippen LogP contribution in [0, 0.1) is 0 Å². The molecule has 0 fully saturated rings. The zero-order valence-electron chi connectivity index (χ0n) is 23.9. The summed E-state index contributed by atoms with van der Waals surface area (Å²) in [4.78, 5) is 2.68. The molecule has 9 rings (SSSR count). The highest BCUT2D eigenvalue weighted by Gasteiger charge is 2.55. The SMILES string of the molecule is CC1(C)c2cccc3c2N2c4c(cccc4[Si](c4ccccc4)(c4ccccc4)c4cccc1c42)B3c1ccccc1. The van der Waals surface area contributed by atoms with Gasteiger partial charge in [0.05, 0.1) is 5.69 Å². The maximum atomic E-state index is 2.68. The Balaban J connectivity index is 1.52. The van der Waals surface area contributed by atoms with E-state index in [9.17, 15) is 0 Å². The summed E-state index contributed by atoms with van der Waals surface area (Å²) in [5.74, 6) is 0. The van der Waals surface area contributed by atoms with Gasteiger partial charge in [0.25, 0.3) is 0 Å². The first-order chi connectivity index (χ1) is 20.6. The van der Waals surface area contributed by atoms with Crippen molar-refractivity contribution in [3.8, 4) is 0 Å². The molecule has 0 atom stereocenters. The van der Waals surface area contributed by atoms with Gasteiger partial charge in [0.2, 0.25) is 6.71 Å². The summed E-state index contributed by atoms with van der Waals surface area (Å²) in [5.41, 5.74) is 11.1. The van der Waals surface area contributed by atoms with Gasteiger partial charge in [-0.25, -0.2) is 0 Å². The van der Waals surface area contributed by atoms with Crippen molar-refractivity contribution >= 4 is 69.0 Å². The highest BCUT2D eigenvalue weighted by molar-refractivity contribution is 7.22. The van der Waals surface area contributed by atoms with Crippen molar-refractivity contribution in [1.82, 2.24) is 0 Å². The lowest BCUT2D eigenvalue weighted by molar-refractivity contribution is 0.633. The van der Waals surface area contributed by atoms with Gasteiger partial charge in [-0.2, -0.15) is 0 Å². The van der Waals surface area contributed by atoms with Gasteiger partial charge in [-0.15, -0.1) is 0 Å². The minimum Gasteiger partial charge on any atom is -0.311 e. The molecule has 0 aliphatic carbocycles. The summed E-state index contributed by atoms with van der Waals surface area (Å²) in [6.07, 6.45) is 0. The van der Waals surface area contributed by atoms with Crippen LogP contribution in [0.2, 0.25) is 0 Å². The van der Waals surface area contributed by atoms with Gasteiger partial charge in [0, 0.05) is 16.8 Å². The maximum absolute atomic E-state index is 2.69. The van der Waals surface area contributed by atoms with Crippen molar-refractivity contribution in [2.75, 3.05) is 4.90 Å². The molecule has 0 spiro atoms. The number of benzene rings is 6. The van der Waals surface area contributed by atoms with E-state index >= 15 is 0 Å². The molecular formula is C39H30BNSi. The Kier molecular flexibility index (Phi) is 4.85. The Bertz CT molecular complexity index is 1980. The smallest absolute Gasteiger partial charge is 0.246 e. The van der Waals surface area contributed by atoms with Gasteiger partial charge < -0.3 is 4.90 Å². The monoisotopic (exact) mass is 551 g/mol. The Morgan fingerprint density at radius 1 is 0.476 bits per heavy atom. The molecule has 0 saturated carbocycles. The number of para-hydroxylation sites is 3. The summed E-state index contributed by atoms with van der Waals surface area (Å²) >= 11 is 0. The first-order valence-corrected chi connectivity index (χ1v) is 17.0. The number of anilines is 3. The van der Waals surface area contributed by atoms with E-state index in [1.54, 1.807) is 0 Å². The van der Waals surface area contributed by atoms with Gasteiger partial charge in [-0.1, -0.05) is 165 Å². The van der Waals surface area contributed by atoms with Crippen LogP contribution in [-0.2, 0) is 5.41 Å². The Morgan fingerprint density at radius 3 is 1.57 bits per heavy atom. The molecule has 3 heteroatoms. The van der Waals surface area contributed by atoms with Crippen LogP contribution in [-0.4, -0.2) is 14.8 Å². The molecule has 0 radical (unpaired) electrons. The van der Waals surface area contributed by atoms with E-state index in [4.69, 9.17) is 0 Å². The topological polar surface area (TPSA) is 3.24 Å². The van der Waals surface area contributed by atoms with Gasteiger partial charge in [-0.05, 0) is 42.8 Å². The van der Waals surface area contributed by atoms with Gasteiger partial charge >= 0.3 is 0 Å². The van der Waals surface area contributed by atoms with E-state index in [2.05, 4.69) is 164 Å². The molecule has 0 bridgehead atoms. The fraction of sp³-hybridized carbons (Fsp3) is 0.0769. The summed E-state index contributed by atoms with van der Waals surface area (Å²) in [5, 5.41) is 5.87. The Morgan fingerprint density at radius 2 is 0.952 bits per heavy atom. The third-order valence-electron chi connectivity index (χ3n) is 10.2.